The van der Waals surface area contributed by atoms with Crippen molar-refractivity contribution in [1.82, 2.24) is 14.5 Å². The highest BCUT2D eigenvalue weighted by molar-refractivity contribution is 5.85. The second-order valence-electron chi connectivity index (χ2n) is 7.24. The Labute approximate surface area is 170 Å². The number of hydrogen-bond acceptors (Lipinski definition) is 7. The van der Waals surface area contributed by atoms with E-state index in [-0.39, 0.29) is 13.0 Å². The van der Waals surface area contributed by atoms with Gasteiger partial charge in [0, 0.05) is 49.8 Å². The topological polar surface area (TPSA) is 139 Å². The molecule has 5 N–H and O–H groups in total. The molecule has 2 rings (SSSR count). The van der Waals surface area contributed by atoms with Gasteiger partial charge in [0.2, 0.25) is 5.95 Å². The molecule has 0 amide bonds. The van der Waals surface area contributed by atoms with E-state index in [4.69, 9.17) is 15.9 Å². The number of nitrogens with one attached hydrogen (secondary N) is 1. The molecule has 9 heteroatoms. The van der Waals surface area contributed by atoms with E-state index >= 15 is 0 Å². The number of nitrogens with zero attached hydrogens (tertiary/aromatic N) is 4. The van der Waals surface area contributed by atoms with Crippen LogP contribution in [0.1, 0.15) is 33.6 Å². The third-order valence-electron chi connectivity index (χ3n) is 4.92. The van der Waals surface area contributed by atoms with Gasteiger partial charge in [-0.3, -0.25) is 4.99 Å². The molecular weight excluding hydrogens is 372 g/mol. The molecule has 9 nitrogen and oxygen atoms in total. The number of carbonyl (C=O) groups is 1. The number of aliphatic hydroxyl groups excluding tert-OH is 1. The summed E-state index contributed by atoms with van der Waals surface area (Å²) in [5.74, 6) is 0.342. The van der Waals surface area contributed by atoms with Crippen LogP contribution in [-0.4, -0.2) is 49.6 Å². The number of aliphatic imine (C=N–C) groups is 1. The summed E-state index contributed by atoms with van der Waals surface area (Å²) < 4.78 is 2.12. The minimum Gasteiger partial charge on any atom is -0.480 e. The fraction of sp³-hybridized carbons (Fsp3) is 0.500. The SMILES string of the molecule is CC[C@H](Cn1ccc2cnc(NC(C=N[C@@H](CCO)C(=O)O)=CN)nc21)C(C)C. The highest BCUT2D eigenvalue weighted by atomic mass is 16.4. The first-order chi connectivity index (χ1) is 13.9. The smallest absolute Gasteiger partial charge is 0.328 e. The van der Waals surface area contributed by atoms with E-state index in [2.05, 4.69) is 45.6 Å². The van der Waals surface area contributed by atoms with Crippen LogP contribution in [0.2, 0.25) is 0 Å². The zero-order valence-electron chi connectivity index (χ0n) is 17.1. The summed E-state index contributed by atoms with van der Waals surface area (Å²) in [6.45, 7) is 7.24. The second-order valence-corrected chi connectivity index (χ2v) is 7.24. The lowest BCUT2D eigenvalue weighted by Gasteiger charge is -2.20. The van der Waals surface area contributed by atoms with Gasteiger partial charge < -0.3 is 25.8 Å². The van der Waals surface area contributed by atoms with Crippen LogP contribution in [0.15, 0.2) is 35.3 Å². The van der Waals surface area contributed by atoms with Crippen molar-refractivity contribution in [2.24, 2.45) is 22.6 Å². The predicted octanol–water partition coefficient (Wildman–Crippen LogP) is 2.23. The van der Waals surface area contributed by atoms with Gasteiger partial charge in [0.05, 0.1) is 5.70 Å². The Morgan fingerprint density at radius 2 is 2.21 bits per heavy atom. The number of allylic oxidation sites excluding steroid dienone is 1. The van der Waals surface area contributed by atoms with Crippen LogP contribution >= 0.6 is 0 Å². The van der Waals surface area contributed by atoms with Crippen LogP contribution in [0, 0.1) is 11.8 Å². The predicted molar refractivity (Wildman–Crippen MR) is 114 cm³/mol. The molecule has 2 aromatic rings. The molecule has 2 atom stereocenters. The van der Waals surface area contributed by atoms with Gasteiger partial charge in [0.1, 0.15) is 11.7 Å². The monoisotopic (exact) mass is 402 g/mol. The van der Waals surface area contributed by atoms with Crippen molar-refractivity contribution in [1.29, 1.82) is 0 Å². The van der Waals surface area contributed by atoms with E-state index in [1.165, 1.54) is 12.4 Å². The maximum atomic E-state index is 11.1. The summed E-state index contributed by atoms with van der Waals surface area (Å²) >= 11 is 0. The lowest BCUT2D eigenvalue weighted by molar-refractivity contribution is -0.138. The molecule has 0 radical (unpaired) electrons. The van der Waals surface area contributed by atoms with Gasteiger partial charge in [0.25, 0.3) is 0 Å². The molecule has 0 aliphatic rings. The number of aliphatic hydroxyl groups is 1. The number of aromatic nitrogens is 3. The number of carboxylic acids is 1. The van der Waals surface area contributed by atoms with E-state index in [1.807, 2.05) is 12.3 Å². The molecule has 0 aliphatic carbocycles. The van der Waals surface area contributed by atoms with Crippen LogP contribution in [0.25, 0.3) is 11.0 Å². The molecule has 158 valence electrons. The lowest BCUT2D eigenvalue weighted by atomic mass is 9.93. The maximum Gasteiger partial charge on any atom is 0.328 e. The van der Waals surface area contributed by atoms with Gasteiger partial charge in [-0.15, -0.1) is 0 Å². The number of carboxylic acid groups (broad SMARTS) is 1. The number of nitrogens with two attached hydrogens (primary N) is 1. The quantitative estimate of drug-likeness (QED) is 0.423. The summed E-state index contributed by atoms with van der Waals surface area (Å²) in [4.78, 5) is 24.0. The molecule has 2 heterocycles. The standard InChI is InChI=1S/C20H30N6O3/c1-4-14(13(2)3)12-26-7-5-15-10-23-20(25-18(15)26)24-16(9-21)11-22-17(6-8-27)19(28)29/h5,7,9-11,13-14,17,27H,4,6,8,12,21H2,1-3H3,(H,28,29)(H,23,24,25)/t14-,17+/m1/s1. The summed E-state index contributed by atoms with van der Waals surface area (Å²) in [5.41, 5.74) is 6.80. The first-order valence-corrected chi connectivity index (χ1v) is 9.77. The molecular formula is C20H30N6O3. The number of fused-ring (bicyclic) bond motifs is 1. The first kappa shape index (κ1) is 22.4. The van der Waals surface area contributed by atoms with Crippen LogP contribution in [-0.2, 0) is 11.3 Å². The van der Waals surface area contributed by atoms with Gasteiger partial charge in [-0.05, 0) is 17.9 Å². The zero-order valence-corrected chi connectivity index (χ0v) is 17.1. The fourth-order valence-corrected chi connectivity index (χ4v) is 3.04. The van der Waals surface area contributed by atoms with Crippen LogP contribution in [0.3, 0.4) is 0 Å². The van der Waals surface area contributed by atoms with Crippen molar-refractivity contribution in [2.75, 3.05) is 11.9 Å². The summed E-state index contributed by atoms with van der Waals surface area (Å²) in [5, 5.41) is 22.0. The summed E-state index contributed by atoms with van der Waals surface area (Å²) in [6, 6.07) is 0.944. The molecule has 29 heavy (non-hydrogen) atoms. The van der Waals surface area contributed by atoms with Crippen molar-refractivity contribution in [3.8, 4) is 0 Å². The molecule has 0 saturated heterocycles. The number of hydrogen-bond donors (Lipinski definition) is 4. The van der Waals surface area contributed by atoms with Crippen molar-refractivity contribution in [2.45, 2.75) is 46.2 Å². The molecule has 0 bridgehead atoms. The van der Waals surface area contributed by atoms with Gasteiger partial charge >= 0.3 is 5.97 Å². The number of anilines is 1. The van der Waals surface area contributed by atoms with Crippen LogP contribution in [0.4, 0.5) is 5.95 Å². The third kappa shape index (κ3) is 6.02. The maximum absolute atomic E-state index is 11.1. The highest BCUT2D eigenvalue weighted by Gasteiger charge is 2.15. The van der Waals surface area contributed by atoms with E-state index < -0.39 is 12.0 Å². The van der Waals surface area contributed by atoms with Crippen molar-refractivity contribution >= 4 is 29.2 Å². The Kier molecular flexibility index (Phi) is 8.14. The molecule has 0 fully saturated rings. The number of aliphatic carboxylic acids is 1. The molecule has 0 unspecified atom stereocenters. The van der Waals surface area contributed by atoms with Gasteiger partial charge in [-0.2, -0.15) is 4.98 Å². The van der Waals surface area contributed by atoms with Crippen molar-refractivity contribution in [3.63, 3.8) is 0 Å². The third-order valence-corrected chi connectivity index (χ3v) is 4.92. The Bertz CT molecular complexity index is 874. The van der Waals surface area contributed by atoms with Gasteiger partial charge in [0.15, 0.2) is 0 Å². The highest BCUT2D eigenvalue weighted by Crippen LogP contribution is 2.21. The lowest BCUT2D eigenvalue weighted by Crippen LogP contribution is -2.20. The Hall–Kier alpha value is -2.94. The second kappa shape index (κ2) is 10.6. The molecule has 0 aliphatic heterocycles. The average molecular weight is 402 g/mol. The first-order valence-electron chi connectivity index (χ1n) is 9.77. The van der Waals surface area contributed by atoms with Crippen LogP contribution in [0.5, 0.6) is 0 Å². The summed E-state index contributed by atoms with van der Waals surface area (Å²) in [7, 11) is 0. The average Bonchev–Trinajstić information content (AvgIpc) is 3.09. The Balaban J connectivity index is 2.20. The van der Waals surface area contributed by atoms with Crippen LogP contribution < -0.4 is 11.1 Å². The normalized spacial score (nSPS) is 14.6. The number of rotatable bonds is 11. The minimum absolute atomic E-state index is 0.0219. The summed E-state index contributed by atoms with van der Waals surface area (Å²) in [6.07, 6.45) is 7.43. The largest absolute Gasteiger partial charge is 0.480 e. The van der Waals surface area contributed by atoms with Crippen molar-refractivity contribution in [3.05, 3.63) is 30.4 Å². The zero-order chi connectivity index (χ0) is 21.4. The fourth-order valence-electron chi connectivity index (χ4n) is 3.04. The van der Waals surface area contributed by atoms with Crippen molar-refractivity contribution < 1.29 is 15.0 Å². The minimum atomic E-state index is -1.11. The Morgan fingerprint density at radius 3 is 2.79 bits per heavy atom. The molecule has 2 aromatic heterocycles. The van der Waals surface area contributed by atoms with Gasteiger partial charge in [-0.1, -0.05) is 27.2 Å². The van der Waals surface area contributed by atoms with E-state index in [0.717, 1.165) is 24.0 Å². The van der Waals surface area contributed by atoms with E-state index in [9.17, 15) is 4.79 Å². The molecule has 0 spiro atoms. The Morgan fingerprint density at radius 1 is 1.45 bits per heavy atom. The van der Waals surface area contributed by atoms with Gasteiger partial charge in [-0.25, -0.2) is 9.78 Å². The molecule has 0 saturated carbocycles. The molecule has 0 aromatic carbocycles. The van der Waals surface area contributed by atoms with E-state index in [1.54, 1.807) is 6.20 Å². The van der Waals surface area contributed by atoms with E-state index in [0.29, 0.717) is 23.5 Å².